The summed E-state index contributed by atoms with van der Waals surface area (Å²) >= 11 is 1.51. The molecule has 9 nitrogen and oxygen atoms in total. The number of fused-ring (bicyclic) bond motifs is 1. The summed E-state index contributed by atoms with van der Waals surface area (Å²) in [6.45, 7) is 10.2. The van der Waals surface area contributed by atoms with Gasteiger partial charge in [0.1, 0.15) is 12.4 Å². The molecule has 0 unspecified atom stereocenters. The number of rotatable bonds is 9. The molecule has 198 valence electrons. The Kier molecular flexibility index (Phi) is 8.81. The van der Waals surface area contributed by atoms with E-state index in [0.717, 1.165) is 25.7 Å². The summed E-state index contributed by atoms with van der Waals surface area (Å²) in [4.78, 5) is 58.8. The second-order valence-corrected chi connectivity index (χ2v) is 11.8. The molecule has 2 amide bonds. The summed E-state index contributed by atoms with van der Waals surface area (Å²) < 4.78 is 1.29. The molecule has 1 aliphatic carbocycles. The Morgan fingerprint density at radius 3 is 2.53 bits per heavy atom. The molecule has 0 radical (unpaired) electrons. The lowest BCUT2D eigenvalue weighted by atomic mass is 9.87. The smallest absolute Gasteiger partial charge is 0.330 e. The Hall–Kier alpha value is -2.88. The minimum Gasteiger partial charge on any atom is -0.383 e. The van der Waals surface area contributed by atoms with Gasteiger partial charge < -0.3 is 15.5 Å². The number of hydrogen-bond acceptors (Lipinski definition) is 6. The monoisotopic (exact) mass is 517 g/mol. The van der Waals surface area contributed by atoms with Crippen molar-refractivity contribution in [1.82, 2.24) is 14.5 Å². The molecule has 36 heavy (non-hydrogen) atoms. The maximum absolute atomic E-state index is 13.5. The molecule has 3 N–H and O–H groups in total. The highest BCUT2D eigenvalue weighted by Crippen LogP contribution is 2.34. The Balaban J connectivity index is 1.86. The molecular formula is C26H39N5O4S. The van der Waals surface area contributed by atoms with E-state index < -0.39 is 17.2 Å². The van der Waals surface area contributed by atoms with Gasteiger partial charge in [-0.15, -0.1) is 11.3 Å². The van der Waals surface area contributed by atoms with E-state index >= 15 is 0 Å². The Labute approximate surface area is 216 Å². The van der Waals surface area contributed by atoms with Gasteiger partial charge in [0.25, 0.3) is 11.5 Å². The lowest BCUT2D eigenvalue weighted by molar-refractivity contribution is -0.119. The van der Waals surface area contributed by atoms with E-state index in [1.54, 1.807) is 7.05 Å². The fourth-order valence-electron chi connectivity index (χ4n) is 4.67. The predicted molar refractivity (Wildman–Crippen MR) is 145 cm³/mol. The first-order chi connectivity index (χ1) is 16.9. The van der Waals surface area contributed by atoms with Gasteiger partial charge in [0.2, 0.25) is 5.91 Å². The number of nitrogens with two attached hydrogens (primary N) is 1. The molecule has 10 heteroatoms. The van der Waals surface area contributed by atoms with Crippen LogP contribution in [0.2, 0.25) is 0 Å². The number of carbonyl (C=O) groups excluding carboxylic acids is 2. The average molecular weight is 518 g/mol. The van der Waals surface area contributed by atoms with Gasteiger partial charge in [-0.25, -0.2) is 4.79 Å². The number of nitrogens with one attached hydrogen (secondary N) is 1. The number of carbonyl (C=O) groups is 2. The van der Waals surface area contributed by atoms with E-state index in [0.29, 0.717) is 17.3 Å². The molecule has 0 fully saturated rings. The quantitative estimate of drug-likeness (QED) is 0.529. The molecule has 2 heterocycles. The summed E-state index contributed by atoms with van der Waals surface area (Å²) in [5, 5.41) is 0. The van der Waals surface area contributed by atoms with Crippen molar-refractivity contribution in [3.05, 3.63) is 42.2 Å². The molecule has 0 saturated heterocycles. The molecule has 0 saturated carbocycles. The number of nitrogen functional groups attached to an aromatic ring is 1. The van der Waals surface area contributed by atoms with E-state index in [-0.39, 0.29) is 42.3 Å². The van der Waals surface area contributed by atoms with Crippen molar-refractivity contribution in [2.75, 3.05) is 30.8 Å². The second kappa shape index (κ2) is 11.5. The number of aromatic amines is 1. The van der Waals surface area contributed by atoms with Crippen LogP contribution in [0.25, 0.3) is 0 Å². The average Bonchev–Trinajstić information content (AvgIpc) is 3.23. The van der Waals surface area contributed by atoms with Gasteiger partial charge in [0.15, 0.2) is 5.69 Å². The summed E-state index contributed by atoms with van der Waals surface area (Å²) in [7, 11) is 1.59. The number of hydrogen-bond donors (Lipinski definition) is 2. The van der Waals surface area contributed by atoms with E-state index in [1.807, 2.05) is 33.8 Å². The summed E-state index contributed by atoms with van der Waals surface area (Å²) in [5.41, 5.74) is 6.16. The number of likely N-dealkylation sites (N-methyl/N-ethyl adjacent to an activating group) is 1. The van der Waals surface area contributed by atoms with Gasteiger partial charge in [0, 0.05) is 25.0 Å². The molecule has 2 aromatic rings. The van der Waals surface area contributed by atoms with Gasteiger partial charge in [-0.05, 0) is 48.6 Å². The first-order valence-electron chi connectivity index (χ1n) is 12.7. The van der Waals surface area contributed by atoms with Crippen LogP contribution in [0.5, 0.6) is 0 Å². The van der Waals surface area contributed by atoms with Crippen LogP contribution in [0.15, 0.2) is 15.7 Å². The van der Waals surface area contributed by atoms with Crippen molar-refractivity contribution in [1.29, 1.82) is 0 Å². The fraction of sp³-hybridized carbons (Fsp3) is 0.615. The molecule has 0 aliphatic heterocycles. The van der Waals surface area contributed by atoms with E-state index in [9.17, 15) is 19.2 Å². The van der Waals surface area contributed by atoms with Crippen LogP contribution in [-0.2, 0) is 24.2 Å². The number of aromatic nitrogens is 2. The van der Waals surface area contributed by atoms with Crippen molar-refractivity contribution in [2.45, 2.75) is 66.8 Å². The van der Waals surface area contributed by atoms with Crippen LogP contribution in [0.1, 0.15) is 67.6 Å². The van der Waals surface area contributed by atoms with Crippen molar-refractivity contribution >= 4 is 34.7 Å². The number of thiophene rings is 1. The zero-order valence-corrected chi connectivity index (χ0v) is 23.0. The Morgan fingerprint density at radius 1 is 1.22 bits per heavy atom. The fourth-order valence-corrected chi connectivity index (χ4v) is 5.87. The lowest BCUT2D eigenvalue weighted by Gasteiger charge is -2.28. The van der Waals surface area contributed by atoms with E-state index in [4.69, 9.17) is 5.73 Å². The topological polar surface area (TPSA) is 121 Å². The third kappa shape index (κ3) is 6.08. The second-order valence-electron chi connectivity index (χ2n) is 10.6. The minimum absolute atomic E-state index is 0.0229. The van der Waals surface area contributed by atoms with Crippen LogP contribution < -0.4 is 21.9 Å². The first-order valence-corrected chi connectivity index (χ1v) is 13.5. The normalized spacial score (nSPS) is 15.3. The highest BCUT2D eigenvalue weighted by molar-refractivity contribution is 7.14. The van der Waals surface area contributed by atoms with Crippen molar-refractivity contribution in [3.8, 4) is 0 Å². The van der Waals surface area contributed by atoms with Gasteiger partial charge in [-0.2, -0.15) is 0 Å². The van der Waals surface area contributed by atoms with Crippen LogP contribution in [0.3, 0.4) is 0 Å². The Bertz CT molecular complexity index is 1230. The SMILES string of the molecule is CC[C@@H]1CCc2sc(C(=O)N(C)CC(=O)N(CC(C)C)c3c(N)n(CC(C)C)c(=O)[nH]c3=O)cc2C1. The van der Waals surface area contributed by atoms with Gasteiger partial charge >= 0.3 is 5.69 Å². The third-order valence-corrected chi connectivity index (χ3v) is 7.80. The molecule has 3 rings (SSSR count). The molecule has 2 aromatic heterocycles. The highest BCUT2D eigenvalue weighted by Gasteiger charge is 2.28. The standard InChI is InChI=1S/C26H39N5O4S/c1-7-17-8-9-19-18(10-17)11-20(36-19)25(34)29(6)14-21(32)30(12-15(2)3)22-23(27)31(13-16(4)5)26(35)28-24(22)33/h11,15-17H,7-10,12-14,27H2,1-6H3,(H,28,33,35)/t17-/m1/s1. The van der Waals surface area contributed by atoms with Gasteiger partial charge in [-0.1, -0.05) is 41.0 Å². The van der Waals surface area contributed by atoms with Crippen LogP contribution in [0.4, 0.5) is 11.5 Å². The summed E-state index contributed by atoms with van der Waals surface area (Å²) in [5.74, 6) is 0.0878. The third-order valence-electron chi connectivity index (χ3n) is 6.57. The van der Waals surface area contributed by atoms with Gasteiger partial charge in [-0.3, -0.25) is 23.9 Å². The minimum atomic E-state index is -0.711. The number of aryl methyl sites for hydroxylation is 1. The number of H-pyrrole nitrogens is 1. The van der Waals surface area contributed by atoms with Crippen LogP contribution in [0, 0.1) is 17.8 Å². The first kappa shape index (κ1) is 27.7. The molecule has 0 aromatic carbocycles. The van der Waals surface area contributed by atoms with Crippen LogP contribution >= 0.6 is 11.3 Å². The number of anilines is 2. The Morgan fingerprint density at radius 2 is 1.92 bits per heavy atom. The molecule has 0 bridgehead atoms. The molecule has 0 spiro atoms. The van der Waals surface area contributed by atoms with E-state index in [2.05, 4.69) is 11.9 Å². The molecule has 1 atom stereocenters. The molecule has 1 aliphatic rings. The maximum atomic E-state index is 13.5. The summed E-state index contributed by atoms with van der Waals surface area (Å²) in [6, 6.07) is 1.97. The van der Waals surface area contributed by atoms with Crippen molar-refractivity contribution in [3.63, 3.8) is 0 Å². The molecular weight excluding hydrogens is 478 g/mol. The maximum Gasteiger partial charge on any atom is 0.330 e. The number of nitrogens with zero attached hydrogens (tertiary/aromatic N) is 3. The predicted octanol–water partition coefficient (Wildman–Crippen LogP) is 3.11. The zero-order chi connectivity index (χ0) is 26.7. The lowest BCUT2D eigenvalue weighted by Crippen LogP contribution is -2.47. The van der Waals surface area contributed by atoms with Gasteiger partial charge in [0.05, 0.1) is 4.88 Å². The van der Waals surface area contributed by atoms with Crippen LogP contribution in [-0.4, -0.2) is 46.4 Å². The van der Waals surface area contributed by atoms with E-state index in [1.165, 1.54) is 36.1 Å². The zero-order valence-electron chi connectivity index (χ0n) is 22.2. The number of amides is 2. The van der Waals surface area contributed by atoms with Crippen molar-refractivity contribution in [2.24, 2.45) is 17.8 Å². The van der Waals surface area contributed by atoms with Crippen molar-refractivity contribution < 1.29 is 9.59 Å². The highest BCUT2D eigenvalue weighted by atomic mass is 32.1. The summed E-state index contributed by atoms with van der Waals surface area (Å²) in [6.07, 6.45) is 4.26. The largest absolute Gasteiger partial charge is 0.383 e.